The molecule has 0 aliphatic rings. The van der Waals surface area contributed by atoms with Gasteiger partial charge in [-0.1, -0.05) is 0 Å². The van der Waals surface area contributed by atoms with Crippen molar-refractivity contribution in [1.29, 1.82) is 0 Å². The summed E-state index contributed by atoms with van der Waals surface area (Å²) in [6, 6.07) is 0. The largest absolute Gasteiger partial charge is 0.569 e. The molecule has 0 radical (unpaired) electrons. The number of carbonyl (C=O) groups excluding carboxylic acids is 1. The summed E-state index contributed by atoms with van der Waals surface area (Å²) in [6.45, 7) is 5.67. The van der Waals surface area contributed by atoms with Crippen LogP contribution in [0.5, 0.6) is 0 Å². The van der Waals surface area contributed by atoms with Crippen molar-refractivity contribution in [2.24, 2.45) is 5.28 Å². The fourth-order valence-corrected chi connectivity index (χ4v) is 0.823. The fourth-order valence-electron chi connectivity index (χ4n) is 0.823. The van der Waals surface area contributed by atoms with Crippen molar-refractivity contribution >= 4 is 12.1 Å². The molecule has 0 amide bonds. The van der Waals surface area contributed by atoms with Crippen LogP contribution in [0.15, 0.2) is 5.28 Å². The van der Waals surface area contributed by atoms with Crippen LogP contribution in [-0.4, -0.2) is 52.7 Å². The van der Waals surface area contributed by atoms with E-state index in [1.807, 2.05) is 0 Å². The molecule has 10 nitrogen and oxygen atoms in total. The Hall–Kier alpha value is -2.26. The predicted octanol–water partition coefficient (Wildman–Crippen LogP) is 1.11. The lowest BCUT2D eigenvalue weighted by atomic mass is 10.1. The fraction of sp³-hybridized carbons (Fsp3) is 0.800. The van der Waals surface area contributed by atoms with Crippen LogP contribution < -0.4 is 0 Å². The molecule has 1 atom stereocenters. The third kappa shape index (κ3) is 5.16. The summed E-state index contributed by atoms with van der Waals surface area (Å²) in [4.78, 5) is 26.4. The molecule has 0 bridgehead atoms. The Balaban J connectivity index is 4.52. The van der Waals surface area contributed by atoms with E-state index in [2.05, 4.69) is 19.6 Å². The highest BCUT2D eigenvalue weighted by atomic mass is 16.8. The first kappa shape index (κ1) is 17.7. The Morgan fingerprint density at radius 3 is 2.50 bits per heavy atom. The molecule has 0 fully saturated rings. The number of hydrogen-bond donors (Lipinski definition) is 1. The molecule has 10 heteroatoms. The van der Waals surface area contributed by atoms with Crippen LogP contribution in [0.2, 0.25) is 0 Å². The monoisotopic (exact) mass is 293 g/mol. The van der Waals surface area contributed by atoms with Crippen LogP contribution in [-0.2, 0) is 19.1 Å². The van der Waals surface area contributed by atoms with Crippen molar-refractivity contribution in [3.05, 3.63) is 5.21 Å². The number of ether oxygens (including phenoxy) is 2. The number of nitrogens with zero attached hydrogens (tertiary/aromatic N) is 3. The minimum Gasteiger partial charge on any atom is -0.569 e. The Bertz CT molecular complexity index is 383. The van der Waals surface area contributed by atoms with Crippen molar-refractivity contribution in [3.63, 3.8) is 0 Å². The highest BCUT2D eigenvalue weighted by Gasteiger charge is 2.38. The van der Waals surface area contributed by atoms with Crippen molar-refractivity contribution in [1.82, 2.24) is 5.01 Å². The molecule has 0 heterocycles. The lowest BCUT2D eigenvalue weighted by Crippen LogP contribution is -2.50. The Morgan fingerprint density at radius 2 is 2.05 bits per heavy atom. The maximum Gasteiger partial charge on any atom is 0.511 e. The van der Waals surface area contributed by atoms with Crippen molar-refractivity contribution in [2.45, 2.75) is 39.5 Å². The number of hydrazine groups is 1. The number of carbonyl (C=O) groups is 2. The van der Waals surface area contributed by atoms with Gasteiger partial charge in [0.2, 0.25) is 5.28 Å². The topological polar surface area (TPSA) is 124 Å². The van der Waals surface area contributed by atoms with Gasteiger partial charge in [-0.2, -0.15) is 0 Å². The van der Waals surface area contributed by atoms with E-state index in [1.165, 1.54) is 27.8 Å². The van der Waals surface area contributed by atoms with Gasteiger partial charge in [0, 0.05) is 6.92 Å². The molecule has 0 saturated carbocycles. The Morgan fingerprint density at radius 1 is 1.50 bits per heavy atom. The molecular weight excluding hydrogens is 274 g/mol. The molecule has 116 valence electrons. The number of likely N-dealkylation sites (N-methyl/N-ethyl adjacent to an activating group) is 1. The summed E-state index contributed by atoms with van der Waals surface area (Å²) in [5.74, 6) is -1.22. The van der Waals surface area contributed by atoms with Crippen LogP contribution >= 0.6 is 0 Å². The summed E-state index contributed by atoms with van der Waals surface area (Å²) in [5, 5.41) is 24.4. The summed E-state index contributed by atoms with van der Waals surface area (Å²) in [7, 11) is 1.23. The smallest absolute Gasteiger partial charge is 0.511 e. The van der Waals surface area contributed by atoms with Crippen LogP contribution in [0, 0.1) is 5.21 Å². The Kier molecular flexibility index (Phi) is 6.53. The van der Waals surface area contributed by atoms with Gasteiger partial charge in [-0.05, 0) is 20.8 Å². The molecule has 0 rings (SSSR count). The van der Waals surface area contributed by atoms with E-state index < -0.39 is 24.0 Å². The van der Waals surface area contributed by atoms with Gasteiger partial charge in [0.25, 0.3) is 6.29 Å². The first-order valence-electron chi connectivity index (χ1n) is 5.77. The number of rotatable bonds is 7. The molecule has 0 aliphatic carbocycles. The maximum absolute atomic E-state index is 11.5. The van der Waals surface area contributed by atoms with Gasteiger partial charge >= 0.3 is 12.1 Å². The van der Waals surface area contributed by atoms with Gasteiger partial charge in [0.1, 0.15) is 0 Å². The molecule has 20 heavy (non-hydrogen) atoms. The average Bonchev–Trinajstić information content (AvgIpc) is 2.34. The SMILES string of the molecule is CCOC(=O)OC(C)ON=[N+]([O-])N(C)C(C)(C)C(=O)O. The van der Waals surface area contributed by atoms with Crippen LogP contribution in [0.1, 0.15) is 27.7 Å². The molecule has 0 aromatic rings. The quantitative estimate of drug-likeness (QED) is 0.243. The van der Waals surface area contributed by atoms with Gasteiger partial charge in [-0.3, -0.25) is 4.84 Å². The first-order valence-corrected chi connectivity index (χ1v) is 5.77. The second-order valence-electron chi connectivity index (χ2n) is 4.20. The summed E-state index contributed by atoms with van der Waals surface area (Å²) >= 11 is 0. The van der Waals surface area contributed by atoms with Gasteiger partial charge in [0.05, 0.1) is 18.6 Å². The van der Waals surface area contributed by atoms with E-state index >= 15 is 0 Å². The second-order valence-corrected chi connectivity index (χ2v) is 4.20. The molecule has 0 spiro atoms. The molecule has 0 aromatic carbocycles. The number of aliphatic carboxylic acids is 1. The van der Waals surface area contributed by atoms with Gasteiger partial charge < -0.3 is 19.8 Å². The van der Waals surface area contributed by atoms with Crippen LogP contribution in [0.25, 0.3) is 0 Å². The molecule has 1 N–H and O–H groups in total. The number of carboxylic acid groups (broad SMARTS) is 1. The summed E-state index contributed by atoms with van der Waals surface area (Å²) < 4.78 is 9.07. The first-order chi connectivity index (χ1) is 9.12. The van der Waals surface area contributed by atoms with Crippen molar-refractivity contribution in [2.75, 3.05) is 13.7 Å². The molecule has 0 aromatic heterocycles. The van der Waals surface area contributed by atoms with Gasteiger partial charge in [-0.25, -0.2) is 9.59 Å². The zero-order valence-corrected chi connectivity index (χ0v) is 12.0. The summed E-state index contributed by atoms with van der Waals surface area (Å²) in [5.41, 5.74) is -1.49. The van der Waals surface area contributed by atoms with E-state index in [0.29, 0.717) is 0 Å². The van der Waals surface area contributed by atoms with E-state index in [-0.39, 0.29) is 11.6 Å². The lowest BCUT2D eigenvalue weighted by molar-refractivity contribution is -0.719. The lowest BCUT2D eigenvalue weighted by Gasteiger charge is -2.26. The summed E-state index contributed by atoms with van der Waals surface area (Å²) in [6.07, 6.45) is -2.13. The zero-order valence-electron chi connectivity index (χ0n) is 12.0. The van der Waals surface area contributed by atoms with Crippen LogP contribution in [0.3, 0.4) is 0 Å². The minimum atomic E-state index is -1.49. The van der Waals surface area contributed by atoms with Crippen molar-refractivity contribution < 1.29 is 34.0 Å². The van der Waals surface area contributed by atoms with E-state index in [9.17, 15) is 14.8 Å². The third-order valence-corrected chi connectivity index (χ3v) is 2.38. The van der Waals surface area contributed by atoms with Crippen molar-refractivity contribution in [3.8, 4) is 0 Å². The van der Waals surface area contributed by atoms with E-state index in [4.69, 9.17) is 5.11 Å². The standard InChI is InChI=1S/C10H19N3O7/c1-6-18-9(16)19-7(2)20-11-13(17)12(5)10(3,4)8(14)15/h7H,6H2,1-5H3,(H,14,15). The Labute approximate surface area is 116 Å². The molecule has 0 saturated heterocycles. The number of carboxylic acids is 1. The molecule has 0 aliphatic heterocycles. The highest BCUT2D eigenvalue weighted by Crippen LogP contribution is 2.12. The third-order valence-electron chi connectivity index (χ3n) is 2.38. The maximum atomic E-state index is 11.5. The molecular formula is C10H19N3O7. The predicted molar refractivity (Wildman–Crippen MR) is 64.2 cm³/mol. The average molecular weight is 293 g/mol. The number of hydrogen-bond acceptors (Lipinski definition) is 7. The van der Waals surface area contributed by atoms with E-state index in [0.717, 1.165) is 5.01 Å². The van der Waals surface area contributed by atoms with E-state index in [1.54, 1.807) is 6.92 Å². The normalized spacial score (nSPS) is 13.3. The minimum absolute atomic E-state index is 0.0564. The van der Waals surface area contributed by atoms with Gasteiger partial charge in [0.15, 0.2) is 5.54 Å². The second kappa shape index (κ2) is 7.36. The van der Waals surface area contributed by atoms with Gasteiger partial charge in [-0.15, -0.1) is 5.01 Å². The zero-order chi connectivity index (χ0) is 15.9. The molecule has 1 unspecified atom stereocenters. The highest BCUT2D eigenvalue weighted by molar-refractivity contribution is 5.77. The van der Waals surface area contributed by atoms with Crippen LogP contribution in [0.4, 0.5) is 4.79 Å².